The molecule has 246 valence electrons. The van der Waals surface area contributed by atoms with Crippen LogP contribution in [0.3, 0.4) is 0 Å². The van der Waals surface area contributed by atoms with Gasteiger partial charge in [-0.25, -0.2) is 14.4 Å². The van der Waals surface area contributed by atoms with E-state index in [1.165, 1.54) is 0 Å². The summed E-state index contributed by atoms with van der Waals surface area (Å²) in [5, 5.41) is 0.495. The molecule has 12 heteroatoms. The molecular weight excluding hydrogens is 664 g/mol. The van der Waals surface area contributed by atoms with Crippen LogP contribution in [0.1, 0.15) is 92.7 Å². The van der Waals surface area contributed by atoms with Crippen LogP contribution in [0.25, 0.3) is 11.0 Å². The summed E-state index contributed by atoms with van der Waals surface area (Å²) < 4.78 is 36.6. The Labute approximate surface area is 273 Å². The Kier molecular flexibility index (Phi) is 6.06. The van der Waals surface area contributed by atoms with Gasteiger partial charge in [-0.3, -0.25) is 9.59 Å². The highest BCUT2D eigenvalue weighted by Gasteiger charge is 2.78. The van der Waals surface area contributed by atoms with E-state index >= 15 is 0 Å². The maximum atomic E-state index is 14.4. The van der Waals surface area contributed by atoms with E-state index in [-0.39, 0.29) is 34.2 Å². The van der Waals surface area contributed by atoms with E-state index < -0.39 is 80.2 Å². The Morgan fingerprint density at radius 2 is 1.28 bits per heavy atom. The number of halogens is 1. The molecule has 4 unspecified atom stereocenters. The predicted molar refractivity (Wildman–Crippen MR) is 163 cm³/mol. The van der Waals surface area contributed by atoms with Crippen LogP contribution in [-0.2, 0) is 38.1 Å². The average Bonchev–Trinajstić information content (AvgIpc) is 3.43. The summed E-state index contributed by atoms with van der Waals surface area (Å²) in [6, 6.07) is 4.94. The first-order chi connectivity index (χ1) is 21.2. The first-order valence-electron chi connectivity index (χ1n) is 15.5. The van der Waals surface area contributed by atoms with Crippen molar-refractivity contribution in [3.05, 3.63) is 38.7 Å². The molecule has 3 aliphatic heterocycles. The fraction of sp³-hybridized carbons (Fsp3) is 0.618. The Hall–Kier alpha value is -3.41. The Morgan fingerprint density at radius 1 is 0.761 bits per heavy atom. The van der Waals surface area contributed by atoms with Crippen LogP contribution < -0.4 is 10.4 Å². The quantitative estimate of drug-likeness (QED) is 0.228. The number of ether oxygens (including phenoxy) is 5. The van der Waals surface area contributed by atoms with Crippen LogP contribution in [0.5, 0.6) is 5.75 Å². The maximum absolute atomic E-state index is 14.4. The Bertz CT molecular complexity index is 1840. The van der Waals surface area contributed by atoms with Crippen molar-refractivity contribution in [2.24, 2.45) is 21.7 Å². The lowest BCUT2D eigenvalue weighted by Gasteiger charge is -2.45. The van der Waals surface area contributed by atoms with Crippen molar-refractivity contribution >= 4 is 50.8 Å². The number of rotatable bonds is 4. The third-order valence-electron chi connectivity index (χ3n) is 12.8. The summed E-state index contributed by atoms with van der Waals surface area (Å²) in [5.41, 5.74) is -8.50. The Balaban J connectivity index is 1.37. The second-order valence-corrected chi connectivity index (χ2v) is 16.3. The van der Waals surface area contributed by atoms with Crippen LogP contribution in [0.2, 0.25) is 0 Å². The molecule has 6 atom stereocenters. The van der Waals surface area contributed by atoms with Crippen LogP contribution in [0, 0.1) is 21.7 Å². The molecule has 2 saturated heterocycles. The van der Waals surface area contributed by atoms with Crippen LogP contribution in [-0.4, -0.2) is 46.8 Å². The normalized spacial score (nSPS) is 37.3. The topological polar surface area (TPSA) is 145 Å². The van der Waals surface area contributed by atoms with E-state index in [0.717, 1.165) is 0 Å². The van der Waals surface area contributed by atoms with Gasteiger partial charge in [0.05, 0.1) is 16.4 Å². The van der Waals surface area contributed by atoms with Gasteiger partial charge in [0, 0.05) is 16.2 Å². The largest absolute Gasteiger partial charge is 0.483 e. The fourth-order valence-corrected chi connectivity index (χ4v) is 8.86. The maximum Gasteiger partial charge on any atom is 0.351 e. The second kappa shape index (κ2) is 8.93. The number of hydrogen-bond acceptors (Lipinski definition) is 11. The molecule has 11 nitrogen and oxygen atoms in total. The summed E-state index contributed by atoms with van der Waals surface area (Å²) in [7, 11) is 0. The van der Waals surface area contributed by atoms with Crippen molar-refractivity contribution in [2.45, 2.75) is 110 Å². The molecule has 46 heavy (non-hydrogen) atoms. The molecule has 2 aliphatic carbocycles. The molecule has 2 saturated carbocycles. The van der Waals surface area contributed by atoms with Gasteiger partial charge >= 0.3 is 29.5 Å². The van der Waals surface area contributed by atoms with E-state index in [1.807, 2.05) is 27.7 Å². The molecule has 0 spiro atoms. The zero-order valence-electron chi connectivity index (χ0n) is 27.1. The van der Waals surface area contributed by atoms with Crippen molar-refractivity contribution in [2.75, 3.05) is 0 Å². The summed E-state index contributed by atoms with van der Waals surface area (Å²) in [5.74, 6) is -2.30. The van der Waals surface area contributed by atoms with E-state index in [2.05, 4.69) is 15.9 Å². The van der Waals surface area contributed by atoms with E-state index in [0.29, 0.717) is 18.2 Å². The third-order valence-corrected chi connectivity index (χ3v) is 13.3. The van der Waals surface area contributed by atoms with Gasteiger partial charge in [0.15, 0.2) is 12.2 Å². The van der Waals surface area contributed by atoms with Gasteiger partial charge < -0.3 is 28.1 Å². The molecule has 7 rings (SSSR count). The van der Waals surface area contributed by atoms with Gasteiger partial charge in [-0.05, 0) is 87.5 Å². The first-order valence-corrected chi connectivity index (χ1v) is 16.3. The van der Waals surface area contributed by atoms with Gasteiger partial charge in [0.1, 0.15) is 21.4 Å². The highest BCUT2D eigenvalue weighted by Crippen LogP contribution is 2.67. The minimum Gasteiger partial charge on any atom is -0.483 e. The molecule has 4 bridgehead atoms. The monoisotopic (exact) mass is 700 g/mol. The highest BCUT2D eigenvalue weighted by molar-refractivity contribution is 9.10. The van der Waals surface area contributed by atoms with Crippen molar-refractivity contribution in [3.8, 4) is 5.75 Å². The molecule has 2 aromatic rings. The molecule has 4 heterocycles. The summed E-state index contributed by atoms with van der Waals surface area (Å²) >= 11 is 3.21. The summed E-state index contributed by atoms with van der Waals surface area (Å²) in [6.45, 7) is 14.2. The van der Waals surface area contributed by atoms with Gasteiger partial charge in [-0.1, -0.05) is 27.7 Å². The molecule has 0 amide bonds. The minimum atomic E-state index is -1.60. The first kappa shape index (κ1) is 31.2. The molecule has 5 aliphatic rings. The molecule has 4 fully saturated rings. The molecule has 1 aromatic heterocycles. The van der Waals surface area contributed by atoms with Gasteiger partial charge in [0.25, 0.3) is 0 Å². The van der Waals surface area contributed by atoms with E-state index in [4.69, 9.17) is 28.1 Å². The van der Waals surface area contributed by atoms with E-state index in [9.17, 15) is 24.0 Å². The zero-order chi connectivity index (χ0) is 33.6. The lowest BCUT2D eigenvalue weighted by Crippen LogP contribution is -2.57. The smallest absolute Gasteiger partial charge is 0.351 e. The molecular formula is C34H37BrO11. The zero-order valence-corrected chi connectivity index (χ0v) is 28.7. The van der Waals surface area contributed by atoms with Crippen LogP contribution >= 0.6 is 15.9 Å². The second-order valence-electron chi connectivity index (χ2n) is 15.5. The lowest BCUT2D eigenvalue weighted by molar-refractivity contribution is -0.217. The van der Waals surface area contributed by atoms with Crippen LogP contribution in [0.4, 0.5) is 0 Å². The number of hydrogen-bond donors (Lipinski definition) is 0. The van der Waals surface area contributed by atoms with E-state index in [1.54, 1.807) is 45.9 Å². The Morgan fingerprint density at radius 3 is 1.76 bits per heavy atom. The SMILES string of the molecule is CC1(C)Oc2ccc3cc(Br)c(=O)oc3c2[C@@H](OC(=O)C23CCC(C)(C(=O)O2)C3(C)C)[C@H]1OC(=O)C12CCC(C)(C(=O)O1)C2(C)C. The fourth-order valence-electron chi connectivity index (χ4n) is 8.53. The summed E-state index contributed by atoms with van der Waals surface area (Å²) in [6.07, 6.45) is -1.31. The van der Waals surface area contributed by atoms with Crippen molar-refractivity contribution < 1.29 is 47.3 Å². The third kappa shape index (κ3) is 3.41. The minimum absolute atomic E-state index is 0.0794. The van der Waals surface area contributed by atoms with Gasteiger partial charge in [-0.2, -0.15) is 0 Å². The molecule has 0 N–H and O–H groups in total. The standard InChI is InChI=1S/C34H37BrO11/c1-28(2)22(43-27(40)34-14-12-32(8,25(38)46-34)30(34,5)6)21(19-18(44-28)10-9-16-15-17(35)23(36)41-20(16)19)42-26(39)33-13-11-31(7,24(37)45-33)29(33,3)4/h9-10,15,21-22H,11-14H2,1-8H3/t21-,22-,31?,32?,33?,34?/m1/s1. The van der Waals surface area contributed by atoms with Crippen molar-refractivity contribution in [1.29, 1.82) is 0 Å². The number of benzene rings is 1. The summed E-state index contributed by atoms with van der Waals surface area (Å²) in [4.78, 5) is 67.5. The molecule has 0 radical (unpaired) electrons. The number of carbonyl (C=O) groups is 4. The lowest BCUT2D eigenvalue weighted by atomic mass is 9.66. The average molecular weight is 702 g/mol. The number of carbonyl (C=O) groups excluding carboxylic acids is 4. The number of fused-ring (bicyclic) bond motifs is 7. The van der Waals surface area contributed by atoms with Gasteiger partial charge in [-0.15, -0.1) is 0 Å². The van der Waals surface area contributed by atoms with Crippen molar-refractivity contribution in [3.63, 3.8) is 0 Å². The molecule has 1 aromatic carbocycles. The van der Waals surface area contributed by atoms with Gasteiger partial charge in [0.2, 0.25) is 11.2 Å². The highest BCUT2D eigenvalue weighted by atomic mass is 79.9. The van der Waals surface area contributed by atoms with Crippen LogP contribution in [0.15, 0.2) is 31.9 Å². The number of esters is 4. The van der Waals surface area contributed by atoms with Crippen molar-refractivity contribution in [1.82, 2.24) is 0 Å². The predicted octanol–water partition coefficient (Wildman–Crippen LogP) is 5.47.